The van der Waals surface area contributed by atoms with Crippen LogP contribution >= 0.6 is 0 Å². The van der Waals surface area contributed by atoms with Gasteiger partial charge in [0.05, 0.1) is 24.8 Å². The molecule has 0 unspecified atom stereocenters. The number of ether oxygens (including phenoxy) is 1. The SMILES string of the molecule is COC(=O)CNC(=O)[C@H]1C[C@H](NC(=O)c2ccc(C(F)(F)F)nc2)[C@@H](O)C1.O=CO. The number of esters is 1. The van der Waals surface area contributed by atoms with Crippen LogP contribution in [0.5, 0.6) is 0 Å². The molecule has 0 bridgehead atoms. The highest BCUT2D eigenvalue weighted by Crippen LogP contribution is 2.28. The standard InChI is InChI=1S/C16H18F3N3O5.CH2O2/c1-27-13(24)7-21-14(25)9-4-10(11(23)5-9)22-15(26)8-2-3-12(20-6-8)16(17,18)19;2-1-3/h2-3,6,9-11,23H,4-5,7H2,1H3,(H,21,25)(H,22,26);1H,(H,2,3)/t9-,10-,11-;/m0./s1. The average Bonchev–Trinajstić information content (AvgIpc) is 3.06. The number of nitrogens with one attached hydrogen (secondary N) is 2. The second-order valence-electron chi connectivity index (χ2n) is 6.14. The summed E-state index contributed by atoms with van der Waals surface area (Å²) >= 11 is 0. The van der Waals surface area contributed by atoms with Crippen molar-refractivity contribution in [2.45, 2.75) is 31.2 Å². The molecule has 2 rings (SSSR count). The van der Waals surface area contributed by atoms with Gasteiger partial charge in [0.2, 0.25) is 5.91 Å². The van der Waals surface area contributed by atoms with E-state index in [1.807, 2.05) is 0 Å². The van der Waals surface area contributed by atoms with Crippen LogP contribution in [0.2, 0.25) is 0 Å². The molecular weight excluding hydrogens is 415 g/mol. The van der Waals surface area contributed by atoms with Gasteiger partial charge in [0.1, 0.15) is 12.2 Å². The lowest BCUT2D eigenvalue weighted by Crippen LogP contribution is -2.40. The van der Waals surface area contributed by atoms with Crippen LogP contribution in [0, 0.1) is 5.92 Å². The molecule has 2 amide bonds. The number of carboxylic acid groups (broad SMARTS) is 1. The van der Waals surface area contributed by atoms with Gasteiger partial charge in [-0.05, 0) is 25.0 Å². The Balaban J connectivity index is 0.00000141. The molecule has 1 aromatic rings. The van der Waals surface area contributed by atoms with Crippen molar-refractivity contribution in [3.63, 3.8) is 0 Å². The van der Waals surface area contributed by atoms with E-state index in [0.29, 0.717) is 6.07 Å². The lowest BCUT2D eigenvalue weighted by Gasteiger charge is -2.16. The number of methoxy groups -OCH3 is 1. The van der Waals surface area contributed by atoms with Gasteiger partial charge in [0, 0.05) is 12.1 Å². The van der Waals surface area contributed by atoms with Gasteiger partial charge in [-0.2, -0.15) is 13.2 Å². The first-order chi connectivity index (χ1) is 14.0. The molecule has 166 valence electrons. The minimum absolute atomic E-state index is 0.0726. The van der Waals surface area contributed by atoms with Gasteiger partial charge in [-0.25, -0.2) is 0 Å². The Morgan fingerprint density at radius 3 is 2.43 bits per heavy atom. The van der Waals surface area contributed by atoms with Crippen molar-refractivity contribution in [3.8, 4) is 0 Å². The summed E-state index contributed by atoms with van der Waals surface area (Å²) in [7, 11) is 1.18. The normalized spacial score (nSPS) is 20.4. The van der Waals surface area contributed by atoms with E-state index in [-0.39, 0.29) is 31.4 Å². The Morgan fingerprint density at radius 2 is 1.93 bits per heavy atom. The van der Waals surface area contributed by atoms with E-state index < -0.39 is 47.7 Å². The Morgan fingerprint density at radius 1 is 1.30 bits per heavy atom. The summed E-state index contributed by atoms with van der Waals surface area (Å²) in [5.74, 6) is -2.43. The first-order valence-corrected chi connectivity index (χ1v) is 8.48. The number of pyridine rings is 1. The van der Waals surface area contributed by atoms with Crippen molar-refractivity contribution in [3.05, 3.63) is 29.6 Å². The molecule has 0 radical (unpaired) electrons. The fourth-order valence-electron chi connectivity index (χ4n) is 2.71. The van der Waals surface area contributed by atoms with Gasteiger partial charge < -0.3 is 25.6 Å². The van der Waals surface area contributed by atoms with Crippen molar-refractivity contribution in [2.75, 3.05) is 13.7 Å². The molecule has 0 aliphatic heterocycles. The van der Waals surface area contributed by atoms with E-state index in [2.05, 4.69) is 20.4 Å². The summed E-state index contributed by atoms with van der Waals surface area (Å²) < 4.78 is 41.9. The zero-order valence-electron chi connectivity index (χ0n) is 15.7. The van der Waals surface area contributed by atoms with Gasteiger partial charge in [0.15, 0.2) is 0 Å². The number of aliphatic hydroxyl groups is 1. The predicted molar refractivity (Wildman–Crippen MR) is 92.9 cm³/mol. The quantitative estimate of drug-likeness (QED) is 0.371. The van der Waals surface area contributed by atoms with Crippen LogP contribution in [-0.2, 0) is 25.3 Å². The number of carbonyl (C=O) groups excluding carboxylic acids is 3. The Kier molecular flexibility index (Phi) is 9.17. The van der Waals surface area contributed by atoms with Crippen LogP contribution in [0.3, 0.4) is 0 Å². The highest BCUT2D eigenvalue weighted by molar-refractivity contribution is 5.94. The third kappa shape index (κ3) is 7.31. The number of halogens is 3. The number of carbonyl (C=O) groups is 4. The summed E-state index contributed by atoms with van der Waals surface area (Å²) in [4.78, 5) is 46.7. The number of aliphatic hydroxyl groups excluding tert-OH is 1. The van der Waals surface area contributed by atoms with E-state index >= 15 is 0 Å². The third-order valence-electron chi connectivity index (χ3n) is 4.17. The van der Waals surface area contributed by atoms with Crippen molar-refractivity contribution >= 4 is 24.3 Å². The number of nitrogens with zero attached hydrogens (tertiary/aromatic N) is 1. The minimum Gasteiger partial charge on any atom is -0.483 e. The molecule has 1 heterocycles. The number of hydrogen-bond donors (Lipinski definition) is 4. The fraction of sp³-hybridized carbons (Fsp3) is 0.471. The van der Waals surface area contributed by atoms with Crippen molar-refractivity contribution in [1.82, 2.24) is 15.6 Å². The summed E-state index contributed by atoms with van der Waals surface area (Å²) in [5, 5.41) is 21.8. The van der Waals surface area contributed by atoms with Crippen LogP contribution in [0.25, 0.3) is 0 Å². The largest absolute Gasteiger partial charge is 0.483 e. The molecule has 4 N–H and O–H groups in total. The second-order valence-corrected chi connectivity index (χ2v) is 6.14. The maximum Gasteiger partial charge on any atom is 0.433 e. The zero-order chi connectivity index (χ0) is 22.9. The number of aromatic nitrogens is 1. The molecule has 3 atom stereocenters. The van der Waals surface area contributed by atoms with Crippen molar-refractivity contribution in [1.29, 1.82) is 0 Å². The highest BCUT2D eigenvalue weighted by Gasteiger charge is 2.38. The summed E-state index contributed by atoms with van der Waals surface area (Å²) in [6.45, 7) is -0.559. The van der Waals surface area contributed by atoms with E-state index in [0.717, 1.165) is 12.3 Å². The van der Waals surface area contributed by atoms with E-state index in [1.165, 1.54) is 7.11 Å². The predicted octanol–water partition coefficient (Wildman–Crippen LogP) is -0.0403. The molecular formula is C17H20F3N3O7. The lowest BCUT2D eigenvalue weighted by molar-refractivity contribution is -0.142. The van der Waals surface area contributed by atoms with Crippen molar-refractivity contribution in [2.24, 2.45) is 5.92 Å². The van der Waals surface area contributed by atoms with Crippen LogP contribution in [0.1, 0.15) is 28.9 Å². The Labute approximate surface area is 168 Å². The summed E-state index contributed by atoms with van der Waals surface area (Å²) in [5.41, 5.74) is -1.23. The maximum atomic E-state index is 12.5. The molecule has 0 spiro atoms. The molecule has 0 aromatic carbocycles. The summed E-state index contributed by atoms with van der Waals surface area (Å²) in [6.07, 6.45) is -4.64. The third-order valence-corrected chi connectivity index (χ3v) is 4.17. The van der Waals surface area contributed by atoms with Crippen molar-refractivity contribution < 1.29 is 47.3 Å². The van der Waals surface area contributed by atoms with Gasteiger partial charge in [0.25, 0.3) is 12.4 Å². The molecule has 10 nitrogen and oxygen atoms in total. The monoisotopic (exact) mass is 435 g/mol. The number of rotatable bonds is 5. The van der Waals surface area contributed by atoms with Gasteiger partial charge in [-0.1, -0.05) is 0 Å². The number of amides is 2. The maximum absolute atomic E-state index is 12.5. The molecule has 1 aliphatic rings. The van der Waals surface area contributed by atoms with Crippen LogP contribution in [-0.4, -0.2) is 65.3 Å². The minimum atomic E-state index is -4.61. The van der Waals surface area contributed by atoms with Gasteiger partial charge in [-0.3, -0.25) is 24.2 Å². The molecule has 1 fully saturated rings. The molecule has 13 heteroatoms. The molecule has 0 saturated heterocycles. The topological polar surface area (TPSA) is 155 Å². The number of hydrogen-bond acceptors (Lipinski definition) is 7. The Bertz CT molecular complexity index is 756. The zero-order valence-corrected chi connectivity index (χ0v) is 15.7. The van der Waals surface area contributed by atoms with Crippen LogP contribution in [0.15, 0.2) is 18.3 Å². The first-order valence-electron chi connectivity index (χ1n) is 8.48. The van der Waals surface area contributed by atoms with Gasteiger partial charge >= 0.3 is 12.1 Å². The molecule has 30 heavy (non-hydrogen) atoms. The van der Waals surface area contributed by atoms with E-state index in [1.54, 1.807) is 0 Å². The molecule has 1 saturated carbocycles. The smallest absolute Gasteiger partial charge is 0.433 e. The summed E-state index contributed by atoms with van der Waals surface area (Å²) in [6, 6.07) is 0.907. The second kappa shape index (κ2) is 11.1. The molecule has 1 aromatic heterocycles. The van der Waals surface area contributed by atoms with Crippen LogP contribution in [0.4, 0.5) is 13.2 Å². The lowest BCUT2D eigenvalue weighted by atomic mass is 10.1. The van der Waals surface area contributed by atoms with E-state index in [9.17, 15) is 32.7 Å². The molecule has 1 aliphatic carbocycles. The first kappa shape index (κ1) is 24.8. The Hall–Kier alpha value is -3.22. The van der Waals surface area contributed by atoms with Crippen LogP contribution < -0.4 is 10.6 Å². The van der Waals surface area contributed by atoms with E-state index in [4.69, 9.17) is 9.90 Å². The highest BCUT2D eigenvalue weighted by atomic mass is 19.4. The average molecular weight is 435 g/mol. The van der Waals surface area contributed by atoms with Gasteiger partial charge in [-0.15, -0.1) is 0 Å². The number of alkyl halides is 3. The fourth-order valence-corrected chi connectivity index (χ4v) is 2.71.